The minimum Gasteiger partial charge on any atom is -0.463 e. The summed E-state index contributed by atoms with van der Waals surface area (Å²) in [5.41, 5.74) is 0.277. The monoisotopic (exact) mass is 356 g/mol. The van der Waals surface area contributed by atoms with Crippen molar-refractivity contribution in [2.75, 3.05) is 6.61 Å². The van der Waals surface area contributed by atoms with Gasteiger partial charge in [-0.15, -0.1) is 0 Å². The highest BCUT2D eigenvalue weighted by Gasteiger charge is 2.21. The Kier molecular flexibility index (Phi) is 7.97. The first kappa shape index (κ1) is 20.8. The molecule has 0 fully saturated rings. The Morgan fingerprint density at radius 1 is 1.46 bits per heavy atom. The zero-order valence-corrected chi connectivity index (χ0v) is 15.0. The summed E-state index contributed by atoms with van der Waals surface area (Å²) in [7, 11) is 0. The normalized spacial score (nSPS) is 12.2. The van der Waals surface area contributed by atoms with E-state index in [2.05, 4.69) is 17.6 Å². The van der Waals surface area contributed by atoms with Crippen molar-refractivity contribution < 1.29 is 18.7 Å². The van der Waals surface area contributed by atoms with E-state index in [1.807, 2.05) is 0 Å². The highest BCUT2D eigenvalue weighted by Crippen LogP contribution is 2.26. The van der Waals surface area contributed by atoms with Crippen molar-refractivity contribution in [2.45, 2.75) is 26.2 Å². The summed E-state index contributed by atoms with van der Waals surface area (Å²) in [5.74, 6) is -1.07. The first-order valence-electron chi connectivity index (χ1n) is 7.91. The Balaban J connectivity index is 2.73. The molecule has 0 radical (unpaired) electrons. The highest BCUT2D eigenvalue weighted by atomic mass is 19.1. The molecule has 1 aromatic carbocycles. The van der Waals surface area contributed by atoms with E-state index in [0.29, 0.717) is 11.1 Å². The first-order chi connectivity index (χ1) is 12.3. The van der Waals surface area contributed by atoms with Crippen molar-refractivity contribution in [1.82, 2.24) is 0 Å². The second-order valence-electron chi connectivity index (χ2n) is 5.67. The largest absolute Gasteiger partial charge is 0.463 e. The van der Waals surface area contributed by atoms with E-state index in [4.69, 9.17) is 14.7 Å². The average molecular weight is 356 g/mol. The second-order valence-corrected chi connectivity index (χ2v) is 5.67. The molecule has 0 aliphatic carbocycles. The van der Waals surface area contributed by atoms with E-state index >= 15 is 0 Å². The molecule has 0 heterocycles. The molecular weight excluding hydrogens is 335 g/mol. The number of aliphatic imine (C=N–C) groups is 1. The van der Waals surface area contributed by atoms with Crippen LogP contribution in [0.3, 0.4) is 0 Å². The molecular formula is C20H21FN2O3. The van der Waals surface area contributed by atoms with Gasteiger partial charge in [0.2, 0.25) is 0 Å². The molecule has 0 bridgehead atoms. The fourth-order valence-electron chi connectivity index (χ4n) is 1.80. The molecule has 0 spiro atoms. The molecule has 0 saturated heterocycles. The molecule has 6 heteroatoms. The number of halogens is 1. The number of carbonyl (C=O) groups is 1. The number of esters is 1. The molecule has 26 heavy (non-hydrogen) atoms. The third-order valence-corrected chi connectivity index (χ3v) is 3.33. The lowest BCUT2D eigenvalue weighted by Gasteiger charge is -2.16. The van der Waals surface area contributed by atoms with Crippen LogP contribution in [0.4, 0.5) is 4.39 Å². The quantitative estimate of drug-likeness (QED) is 0.230. The lowest BCUT2D eigenvalue weighted by Crippen LogP contribution is -2.14. The summed E-state index contributed by atoms with van der Waals surface area (Å²) in [4.78, 5) is 15.2. The molecule has 0 aromatic heterocycles. The van der Waals surface area contributed by atoms with Crippen LogP contribution in [0.25, 0.3) is 0 Å². The Morgan fingerprint density at radius 2 is 2.19 bits per heavy atom. The van der Waals surface area contributed by atoms with E-state index in [1.54, 1.807) is 26.8 Å². The summed E-state index contributed by atoms with van der Waals surface area (Å²) < 4.78 is 24.0. The van der Waals surface area contributed by atoms with Crippen LogP contribution in [0.5, 0.6) is 5.75 Å². The van der Waals surface area contributed by atoms with Crippen molar-refractivity contribution in [1.29, 1.82) is 5.26 Å². The van der Waals surface area contributed by atoms with Gasteiger partial charge in [0, 0.05) is 12.3 Å². The number of benzene rings is 1. The van der Waals surface area contributed by atoms with Gasteiger partial charge in [0.15, 0.2) is 18.0 Å². The minimum absolute atomic E-state index is 0.00866. The summed E-state index contributed by atoms with van der Waals surface area (Å²) >= 11 is 0. The molecule has 0 atom stereocenters. The number of nitrogens with zero attached hydrogens (tertiary/aromatic N) is 2. The lowest BCUT2D eigenvalue weighted by molar-refractivity contribution is -0.137. The number of allylic oxidation sites excluding steroid dienone is 3. The van der Waals surface area contributed by atoms with Gasteiger partial charge < -0.3 is 9.47 Å². The van der Waals surface area contributed by atoms with Crippen molar-refractivity contribution in [3.63, 3.8) is 0 Å². The van der Waals surface area contributed by atoms with E-state index in [0.717, 1.165) is 6.40 Å². The Morgan fingerprint density at radius 3 is 2.77 bits per heavy atom. The van der Waals surface area contributed by atoms with Gasteiger partial charge in [-0.05, 0) is 50.1 Å². The maximum absolute atomic E-state index is 14.0. The summed E-state index contributed by atoms with van der Waals surface area (Å²) in [6, 6.07) is 6.44. The molecule has 136 valence electrons. The van der Waals surface area contributed by atoms with Crippen molar-refractivity contribution in [3.8, 4) is 11.8 Å². The third kappa shape index (κ3) is 6.36. The number of ether oxygens (including phenoxy) is 2. The maximum Gasteiger partial charge on any atom is 0.331 e. The standard InChI is InChI=1S/C20H21FN2O3/c1-5-15(11-19(24)25-6-2)9-10-23-14-26-18-8-7-16(12-17(18)21)20(3,4)13-22/h5,7-12,14H,1,6H2,2-4H3/b10-9-,15-11+,23-14?. The van der Waals surface area contributed by atoms with Gasteiger partial charge in [-0.1, -0.05) is 18.7 Å². The molecule has 0 unspecified atom stereocenters. The van der Waals surface area contributed by atoms with Gasteiger partial charge in [-0.2, -0.15) is 5.26 Å². The zero-order valence-electron chi connectivity index (χ0n) is 15.0. The Bertz CT molecular complexity index is 787. The van der Waals surface area contributed by atoms with Crippen molar-refractivity contribution in [2.24, 2.45) is 4.99 Å². The smallest absolute Gasteiger partial charge is 0.331 e. The Hall–Kier alpha value is -3.20. The van der Waals surface area contributed by atoms with E-state index in [9.17, 15) is 9.18 Å². The fraction of sp³-hybridized carbons (Fsp3) is 0.250. The first-order valence-corrected chi connectivity index (χ1v) is 7.91. The zero-order chi connectivity index (χ0) is 19.6. The van der Waals surface area contributed by atoms with Crippen LogP contribution in [-0.4, -0.2) is 19.0 Å². The van der Waals surface area contributed by atoms with Gasteiger partial charge >= 0.3 is 5.97 Å². The van der Waals surface area contributed by atoms with Crippen LogP contribution in [0.2, 0.25) is 0 Å². The highest BCUT2D eigenvalue weighted by molar-refractivity contribution is 5.84. The fourth-order valence-corrected chi connectivity index (χ4v) is 1.80. The molecule has 0 N–H and O–H groups in total. The number of carbonyl (C=O) groups excluding carboxylic acids is 1. The number of hydrogen-bond donors (Lipinski definition) is 0. The number of nitriles is 1. The van der Waals surface area contributed by atoms with Crippen molar-refractivity contribution in [3.05, 3.63) is 66.2 Å². The van der Waals surface area contributed by atoms with Crippen LogP contribution in [-0.2, 0) is 14.9 Å². The molecule has 1 aromatic rings. The van der Waals surface area contributed by atoms with Gasteiger partial charge in [0.1, 0.15) is 0 Å². The molecule has 0 aliphatic heterocycles. The SMILES string of the molecule is C=CC(/C=C\N=COc1ccc(C(C)(C)C#N)cc1F)=C\C(=O)OCC. The van der Waals surface area contributed by atoms with E-state index < -0.39 is 17.2 Å². The molecule has 1 rings (SSSR count). The van der Waals surface area contributed by atoms with Gasteiger partial charge in [0.05, 0.1) is 18.1 Å². The lowest BCUT2D eigenvalue weighted by atomic mass is 9.86. The topological polar surface area (TPSA) is 71.7 Å². The van der Waals surface area contributed by atoms with Crippen LogP contribution >= 0.6 is 0 Å². The summed E-state index contributed by atoms with van der Waals surface area (Å²) in [5, 5.41) is 9.08. The van der Waals surface area contributed by atoms with Gasteiger partial charge in [-0.3, -0.25) is 0 Å². The number of hydrogen-bond acceptors (Lipinski definition) is 5. The summed E-state index contributed by atoms with van der Waals surface area (Å²) in [6.45, 7) is 8.99. The van der Waals surface area contributed by atoms with Crippen LogP contribution < -0.4 is 4.74 Å². The second kappa shape index (κ2) is 9.94. The minimum atomic E-state index is -0.789. The van der Waals surface area contributed by atoms with Gasteiger partial charge in [-0.25, -0.2) is 14.2 Å². The van der Waals surface area contributed by atoms with Crippen molar-refractivity contribution >= 4 is 12.4 Å². The van der Waals surface area contributed by atoms with E-state index in [1.165, 1.54) is 36.6 Å². The summed E-state index contributed by atoms with van der Waals surface area (Å²) in [6.07, 6.45) is 6.71. The predicted octanol–water partition coefficient (Wildman–Crippen LogP) is 4.22. The average Bonchev–Trinajstić information content (AvgIpc) is 2.61. The van der Waals surface area contributed by atoms with Crippen LogP contribution in [0, 0.1) is 17.1 Å². The van der Waals surface area contributed by atoms with Crippen LogP contribution in [0.1, 0.15) is 26.3 Å². The van der Waals surface area contributed by atoms with E-state index in [-0.39, 0.29) is 12.4 Å². The molecule has 5 nitrogen and oxygen atoms in total. The van der Waals surface area contributed by atoms with Crippen LogP contribution in [0.15, 0.2) is 59.8 Å². The maximum atomic E-state index is 14.0. The molecule has 0 aliphatic rings. The Labute approximate surface area is 152 Å². The third-order valence-electron chi connectivity index (χ3n) is 3.33. The predicted molar refractivity (Wildman–Crippen MR) is 98.2 cm³/mol. The van der Waals surface area contributed by atoms with Gasteiger partial charge in [0.25, 0.3) is 0 Å². The molecule has 0 amide bonds. The molecule has 0 saturated carbocycles. The number of rotatable bonds is 8.